The average molecular weight is 370 g/mol. The van der Waals surface area contributed by atoms with E-state index in [9.17, 15) is 28.9 Å². The van der Waals surface area contributed by atoms with Crippen molar-refractivity contribution in [1.29, 1.82) is 0 Å². The molecule has 0 aliphatic rings. The lowest BCUT2D eigenvalue weighted by Crippen LogP contribution is -2.42. The van der Waals surface area contributed by atoms with Gasteiger partial charge >= 0.3 is 17.6 Å². The first-order valence-corrected chi connectivity index (χ1v) is 7.87. The number of nitrogens with zero attached hydrogens (tertiary/aromatic N) is 1. The SMILES string of the molecule is CCOC(=O)CC[C@@H](NC(=O)c1ccc([N+](=O)[O-])c(F)c1)C(=O)OCC. The molecule has 0 fully saturated rings. The van der Waals surface area contributed by atoms with Crippen molar-refractivity contribution in [2.24, 2.45) is 0 Å². The zero-order chi connectivity index (χ0) is 19.7. The molecule has 0 spiro atoms. The van der Waals surface area contributed by atoms with E-state index < -0.39 is 40.3 Å². The molecule has 0 heterocycles. The zero-order valence-corrected chi connectivity index (χ0v) is 14.3. The molecule has 0 unspecified atom stereocenters. The van der Waals surface area contributed by atoms with Gasteiger partial charge in [0.15, 0.2) is 0 Å². The number of esters is 2. The first kappa shape index (κ1) is 21.0. The number of ether oxygens (including phenoxy) is 2. The topological polar surface area (TPSA) is 125 Å². The maximum absolute atomic E-state index is 13.6. The molecule has 0 saturated carbocycles. The van der Waals surface area contributed by atoms with E-state index in [2.05, 4.69) is 5.32 Å². The van der Waals surface area contributed by atoms with Crippen molar-refractivity contribution >= 4 is 23.5 Å². The van der Waals surface area contributed by atoms with Gasteiger partial charge in [-0.25, -0.2) is 4.79 Å². The smallest absolute Gasteiger partial charge is 0.328 e. The summed E-state index contributed by atoms with van der Waals surface area (Å²) in [5, 5.41) is 12.9. The second-order valence-electron chi connectivity index (χ2n) is 5.05. The average Bonchev–Trinajstić information content (AvgIpc) is 2.58. The molecule has 1 aromatic rings. The van der Waals surface area contributed by atoms with E-state index in [0.29, 0.717) is 6.07 Å². The van der Waals surface area contributed by atoms with Gasteiger partial charge in [0.25, 0.3) is 5.91 Å². The first-order valence-electron chi connectivity index (χ1n) is 7.87. The Morgan fingerprint density at radius 1 is 1.23 bits per heavy atom. The van der Waals surface area contributed by atoms with Crippen LogP contribution in [0.25, 0.3) is 0 Å². The number of nitrogens with one attached hydrogen (secondary N) is 1. The summed E-state index contributed by atoms with van der Waals surface area (Å²) in [4.78, 5) is 45.2. The number of hydrogen-bond donors (Lipinski definition) is 1. The van der Waals surface area contributed by atoms with Crippen LogP contribution in [0.15, 0.2) is 18.2 Å². The molecule has 26 heavy (non-hydrogen) atoms. The van der Waals surface area contributed by atoms with E-state index in [4.69, 9.17) is 9.47 Å². The Balaban J connectivity index is 2.86. The van der Waals surface area contributed by atoms with Crippen LogP contribution in [0.5, 0.6) is 0 Å². The molecule has 1 N–H and O–H groups in total. The summed E-state index contributed by atoms with van der Waals surface area (Å²) in [5.74, 6) is -3.31. The van der Waals surface area contributed by atoms with Gasteiger partial charge in [0.1, 0.15) is 6.04 Å². The Bertz CT molecular complexity index is 693. The van der Waals surface area contributed by atoms with E-state index in [1.165, 1.54) is 0 Å². The highest BCUT2D eigenvalue weighted by Gasteiger charge is 2.25. The zero-order valence-electron chi connectivity index (χ0n) is 14.3. The lowest BCUT2D eigenvalue weighted by Gasteiger charge is -2.17. The minimum Gasteiger partial charge on any atom is -0.466 e. The molecule has 10 heteroatoms. The van der Waals surface area contributed by atoms with Crippen molar-refractivity contribution in [3.8, 4) is 0 Å². The van der Waals surface area contributed by atoms with Crippen molar-refractivity contribution < 1.29 is 33.2 Å². The Morgan fingerprint density at radius 3 is 2.42 bits per heavy atom. The van der Waals surface area contributed by atoms with E-state index in [1.807, 2.05) is 0 Å². The summed E-state index contributed by atoms with van der Waals surface area (Å²) in [7, 11) is 0. The molecule has 0 aliphatic heterocycles. The van der Waals surface area contributed by atoms with Gasteiger partial charge in [-0.3, -0.25) is 19.7 Å². The van der Waals surface area contributed by atoms with Crippen LogP contribution in [0.1, 0.15) is 37.0 Å². The maximum Gasteiger partial charge on any atom is 0.328 e. The largest absolute Gasteiger partial charge is 0.466 e. The second-order valence-corrected chi connectivity index (χ2v) is 5.05. The van der Waals surface area contributed by atoms with E-state index in [-0.39, 0.29) is 31.6 Å². The van der Waals surface area contributed by atoms with Crippen LogP contribution in [0.4, 0.5) is 10.1 Å². The molecule has 0 radical (unpaired) electrons. The molecule has 0 aromatic heterocycles. The quantitative estimate of drug-likeness (QED) is 0.399. The number of nitro groups is 1. The summed E-state index contributed by atoms with van der Waals surface area (Å²) < 4.78 is 23.2. The van der Waals surface area contributed by atoms with Gasteiger partial charge < -0.3 is 14.8 Å². The third kappa shape index (κ3) is 6.11. The van der Waals surface area contributed by atoms with Crippen molar-refractivity contribution in [2.75, 3.05) is 13.2 Å². The molecule has 1 amide bonds. The summed E-state index contributed by atoms with van der Waals surface area (Å²) >= 11 is 0. The number of benzene rings is 1. The number of hydrogen-bond acceptors (Lipinski definition) is 7. The molecule has 1 atom stereocenters. The minimum atomic E-state index is -1.18. The van der Waals surface area contributed by atoms with Crippen LogP contribution in [-0.4, -0.2) is 42.0 Å². The summed E-state index contributed by atoms with van der Waals surface area (Å²) in [6.07, 6.45) is -0.203. The van der Waals surface area contributed by atoms with Crippen molar-refractivity contribution in [3.63, 3.8) is 0 Å². The Kier molecular flexibility index (Phi) is 8.13. The Morgan fingerprint density at radius 2 is 1.88 bits per heavy atom. The van der Waals surface area contributed by atoms with Gasteiger partial charge in [-0.15, -0.1) is 0 Å². The van der Waals surface area contributed by atoms with E-state index >= 15 is 0 Å². The normalized spacial score (nSPS) is 11.3. The number of nitro benzene ring substituents is 1. The summed E-state index contributed by atoms with van der Waals surface area (Å²) in [6.45, 7) is 3.45. The first-order chi connectivity index (χ1) is 12.3. The predicted molar refractivity (Wildman–Crippen MR) is 86.8 cm³/mol. The fourth-order valence-corrected chi connectivity index (χ4v) is 2.02. The minimum absolute atomic E-state index is 0.0662. The highest BCUT2D eigenvalue weighted by Crippen LogP contribution is 2.18. The van der Waals surface area contributed by atoms with Crippen LogP contribution >= 0.6 is 0 Å². The van der Waals surface area contributed by atoms with Crippen molar-refractivity contribution in [2.45, 2.75) is 32.7 Å². The summed E-state index contributed by atoms with van der Waals surface area (Å²) in [6, 6.07) is 1.46. The van der Waals surface area contributed by atoms with E-state index in [1.54, 1.807) is 13.8 Å². The highest BCUT2D eigenvalue weighted by molar-refractivity contribution is 5.97. The third-order valence-corrected chi connectivity index (χ3v) is 3.23. The predicted octanol–water partition coefficient (Wildman–Crippen LogP) is 1.74. The second kappa shape index (κ2) is 10.1. The van der Waals surface area contributed by atoms with Crippen LogP contribution in [-0.2, 0) is 19.1 Å². The van der Waals surface area contributed by atoms with Crippen LogP contribution in [0, 0.1) is 15.9 Å². The number of amides is 1. The molecule has 1 rings (SSSR count). The van der Waals surface area contributed by atoms with Gasteiger partial charge in [0, 0.05) is 18.1 Å². The number of carbonyl (C=O) groups is 3. The molecule has 0 aliphatic carbocycles. The van der Waals surface area contributed by atoms with E-state index in [0.717, 1.165) is 12.1 Å². The molecule has 0 bridgehead atoms. The van der Waals surface area contributed by atoms with Crippen LogP contribution in [0.3, 0.4) is 0 Å². The molecule has 1 aromatic carbocycles. The van der Waals surface area contributed by atoms with Crippen LogP contribution < -0.4 is 5.32 Å². The fourth-order valence-electron chi connectivity index (χ4n) is 2.02. The van der Waals surface area contributed by atoms with Crippen molar-refractivity contribution in [3.05, 3.63) is 39.7 Å². The number of halogens is 1. The molecular weight excluding hydrogens is 351 g/mol. The van der Waals surface area contributed by atoms with Gasteiger partial charge in [-0.2, -0.15) is 4.39 Å². The monoisotopic (exact) mass is 370 g/mol. The number of rotatable bonds is 9. The molecule has 142 valence electrons. The van der Waals surface area contributed by atoms with Crippen molar-refractivity contribution in [1.82, 2.24) is 5.32 Å². The van der Waals surface area contributed by atoms with Gasteiger partial charge in [-0.1, -0.05) is 0 Å². The van der Waals surface area contributed by atoms with Crippen LogP contribution in [0.2, 0.25) is 0 Å². The number of carbonyl (C=O) groups excluding carboxylic acids is 3. The summed E-state index contributed by atoms with van der Waals surface area (Å²) in [5.41, 5.74) is -0.982. The molecule has 9 nitrogen and oxygen atoms in total. The maximum atomic E-state index is 13.6. The van der Waals surface area contributed by atoms with Gasteiger partial charge in [0.05, 0.1) is 18.1 Å². The van der Waals surface area contributed by atoms with Gasteiger partial charge in [-0.05, 0) is 32.4 Å². The van der Waals surface area contributed by atoms with Gasteiger partial charge in [0.2, 0.25) is 5.82 Å². The lowest BCUT2D eigenvalue weighted by molar-refractivity contribution is -0.387. The third-order valence-electron chi connectivity index (χ3n) is 3.23. The standard InChI is InChI=1S/C16H19FN2O7/c1-3-25-14(20)8-6-12(16(22)26-4-2)18-15(21)10-5-7-13(19(23)24)11(17)9-10/h5,7,9,12H,3-4,6,8H2,1-2H3,(H,18,21)/t12-/m1/s1. The molecule has 0 saturated heterocycles. The fraction of sp³-hybridized carbons (Fsp3) is 0.438. The molecular formula is C16H19FN2O7. The lowest BCUT2D eigenvalue weighted by atomic mass is 10.1. The Labute approximate surface area is 148 Å². The highest BCUT2D eigenvalue weighted by atomic mass is 19.1. The Hall–Kier alpha value is -3.04.